The van der Waals surface area contributed by atoms with Gasteiger partial charge in [-0.25, -0.2) is 0 Å². The second kappa shape index (κ2) is 8.11. The summed E-state index contributed by atoms with van der Waals surface area (Å²) in [7, 11) is 3.14. The van der Waals surface area contributed by atoms with E-state index < -0.39 is 5.91 Å². The number of amides is 1. The number of hydrogen-bond donors (Lipinski definition) is 1. The standard InChI is InChI=1S/C21H18N2O4/c1-25-18-5-3-4-17(10-18)23-21(24)16(12-22)9-14-8-15-6-7-19(26-2)11-20(15)27-13-14/h3-11H,13H2,1-2H3,(H,23,24)/b16-9+. The zero-order valence-corrected chi connectivity index (χ0v) is 15.0. The van der Waals surface area contributed by atoms with Gasteiger partial charge in [-0.2, -0.15) is 5.26 Å². The van der Waals surface area contributed by atoms with Crippen LogP contribution in [0.4, 0.5) is 5.69 Å². The van der Waals surface area contributed by atoms with E-state index in [1.54, 1.807) is 44.6 Å². The Balaban J connectivity index is 1.80. The molecule has 0 fully saturated rings. The molecule has 1 N–H and O–H groups in total. The number of fused-ring (bicyclic) bond motifs is 1. The van der Waals surface area contributed by atoms with E-state index in [1.165, 1.54) is 6.08 Å². The predicted octanol–water partition coefficient (Wildman–Crippen LogP) is 3.57. The highest BCUT2D eigenvalue weighted by Crippen LogP contribution is 2.30. The molecule has 27 heavy (non-hydrogen) atoms. The summed E-state index contributed by atoms with van der Waals surface area (Å²) in [6.07, 6.45) is 3.41. The third-order valence-electron chi connectivity index (χ3n) is 3.98. The summed E-state index contributed by atoms with van der Waals surface area (Å²) in [6, 6.07) is 14.4. The minimum absolute atomic E-state index is 0.00960. The summed E-state index contributed by atoms with van der Waals surface area (Å²) in [5, 5.41) is 12.1. The highest BCUT2D eigenvalue weighted by atomic mass is 16.5. The van der Waals surface area contributed by atoms with Crippen molar-refractivity contribution in [2.75, 3.05) is 26.1 Å². The van der Waals surface area contributed by atoms with Crippen molar-refractivity contribution in [3.8, 4) is 23.3 Å². The molecular weight excluding hydrogens is 344 g/mol. The second-order valence-corrected chi connectivity index (χ2v) is 5.77. The molecule has 3 rings (SSSR count). The van der Waals surface area contributed by atoms with Gasteiger partial charge in [-0.05, 0) is 42.0 Å². The highest BCUT2D eigenvalue weighted by Gasteiger charge is 2.15. The third kappa shape index (κ3) is 4.28. The molecule has 6 nitrogen and oxygen atoms in total. The van der Waals surface area contributed by atoms with Gasteiger partial charge in [-0.3, -0.25) is 4.79 Å². The Hall–Kier alpha value is -3.72. The molecule has 0 aliphatic carbocycles. The fourth-order valence-electron chi connectivity index (χ4n) is 2.60. The topological polar surface area (TPSA) is 80.6 Å². The monoisotopic (exact) mass is 362 g/mol. The predicted molar refractivity (Wildman–Crippen MR) is 102 cm³/mol. The highest BCUT2D eigenvalue weighted by molar-refractivity contribution is 6.07. The lowest BCUT2D eigenvalue weighted by molar-refractivity contribution is -0.112. The van der Waals surface area contributed by atoms with Crippen LogP contribution in [0.2, 0.25) is 0 Å². The maximum Gasteiger partial charge on any atom is 0.266 e. The van der Waals surface area contributed by atoms with E-state index in [2.05, 4.69) is 5.32 Å². The van der Waals surface area contributed by atoms with Crippen molar-refractivity contribution in [3.05, 3.63) is 65.3 Å². The number of nitrogens with zero attached hydrogens (tertiary/aromatic N) is 1. The summed E-state index contributed by atoms with van der Waals surface area (Å²) in [6.45, 7) is 0.262. The van der Waals surface area contributed by atoms with Crippen LogP contribution in [-0.4, -0.2) is 26.7 Å². The molecule has 0 saturated carbocycles. The van der Waals surface area contributed by atoms with Crippen LogP contribution in [0.25, 0.3) is 6.08 Å². The summed E-state index contributed by atoms with van der Waals surface area (Å²) in [4.78, 5) is 12.4. The summed E-state index contributed by atoms with van der Waals surface area (Å²) < 4.78 is 16.0. The molecule has 0 aromatic heterocycles. The van der Waals surface area contributed by atoms with Gasteiger partial charge in [0, 0.05) is 23.4 Å². The van der Waals surface area contributed by atoms with Gasteiger partial charge >= 0.3 is 0 Å². The number of rotatable bonds is 5. The molecule has 0 unspecified atom stereocenters. The van der Waals surface area contributed by atoms with Crippen LogP contribution in [0, 0.1) is 11.3 Å². The maximum atomic E-state index is 12.4. The number of hydrogen-bond acceptors (Lipinski definition) is 5. The van der Waals surface area contributed by atoms with Crippen molar-refractivity contribution in [3.63, 3.8) is 0 Å². The largest absolute Gasteiger partial charge is 0.497 e. The molecule has 1 aliphatic rings. The van der Waals surface area contributed by atoms with E-state index >= 15 is 0 Å². The summed E-state index contributed by atoms with van der Waals surface area (Å²) in [5.74, 6) is 1.53. The van der Waals surface area contributed by atoms with Gasteiger partial charge in [0.2, 0.25) is 0 Å². The van der Waals surface area contributed by atoms with Gasteiger partial charge in [-0.1, -0.05) is 6.07 Å². The van der Waals surface area contributed by atoms with Crippen molar-refractivity contribution in [1.82, 2.24) is 0 Å². The van der Waals surface area contributed by atoms with Gasteiger partial charge in [0.05, 0.1) is 14.2 Å². The van der Waals surface area contributed by atoms with Gasteiger partial charge in [0.15, 0.2) is 0 Å². The fourth-order valence-corrected chi connectivity index (χ4v) is 2.60. The van der Waals surface area contributed by atoms with E-state index in [-0.39, 0.29) is 12.2 Å². The fraction of sp³-hybridized carbons (Fsp3) is 0.143. The first-order valence-electron chi connectivity index (χ1n) is 8.21. The van der Waals surface area contributed by atoms with Gasteiger partial charge < -0.3 is 19.5 Å². The molecular formula is C21H18N2O4. The molecule has 0 spiro atoms. The number of carbonyl (C=O) groups is 1. The Morgan fingerprint density at radius 2 is 1.96 bits per heavy atom. The van der Waals surface area contributed by atoms with Crippen LogP contribution in [-0.2, 0) is 4.79 Å². The molecule has 0 bridgehead atoms. The number of benzene rings is 2. The lowest BCUT2D eigenvalue weighted by Gasteiger charge is -2.17. The quantitative estimate of drug-likeness (QED) is 0.650. The van der Waals surface area contributed by atoms with E-state index in [1.807, 2.05) is 24.3 Å². The third-order valence-corrected chi connectivity index (χ3v) is 3.98. The number of methoxy groups -OCH3 is 2. The Labute approximate surface area is 157 Å². The average Bonchev–Trinajstić information content (AvgIpc) is 2.71. The molecule has 2 aromatic carbocycles. The molecule has 0 atom stereocenters. The number of nitriles is 1. The van der Waals surface area contributed by atoms with Crippen molar-refractivity contribution in [2.24, 2.45) is 0 Å². The molecule has 1 aliphatic heterocycles. The molecule has 2 aromatic rings. The van der Waals surface area contributed by atoms with Crippen molar-refractivity contribution in [2.45, 2.75) is 0 Å². The Morgan fingerprint density at radius 1 is 1.19 bits per heavy atom. The smallest absolute Gasteiger partial charge is 0.266 e. The van der Waals surface area contributed by atoms with E-state index in [0.717, 1.165) is 11.1 Å². The molecule has 136 valence electrons. The lowest BCUT2D eigenvalue weighted by atomic mass is 10.0. The first-order valence-corrected chi connectivity index (χ1v) is 8.21. The zero-order chi connectivity index (χ0) is 19.2. The van der Waals surface area contributed by atoms with Crippen LogP contribution in [0.15, 0.2) is 59.7 Å². The summed E-state index contributed by atoms with van der Waals surface area (Å²) >= 11 is 0. The van der Waals surface area contributed by atoms with E-state index in [0.29, 0.717) is 22.9 Å². The zero-order valence-electron chi connectivity index (χ0n) is 15.0. The molecule has 1 amide bonds. The van der Waals surface area contributed by atoms with Crippen LogP contribution >= 0.6 is 0 Å². The molecule has 0 saturated heterocycles. The van der Waals surface area contributed by atoms with Gasteiger partial charge in [-0.15, -0.1) is 0 Å². The Kier molecular flexibility index (Phi) is 5.43. The van der Waals surface area contributed by atoms with Crippen LogP contribution in [0.5, 0.6) is 17.2 Å². The Bertz CT molecular complexity index is 970. The van der Waals surface area contributed by atoms with Crippen molar-refractivity contribution < 1.29 is 19.0 Å². The van der Waals surface area contributed by atoms with Crippen LogP contribution < -0.4 is 19.5 Å². The Morgan fingerprint density at radius 3 is 2.70 bits per heavy atom. The van der Waals surface area contributed by atoms with Crippen LogP contribution in [0.3, 0.4) is 0 Å². The molecule has 0 radical (unpaired) electrons. The van der Waals surface area contributed by atoms with E-state index in [4.69, 9.17) is 14.2 Å². The van der Waals surface area contributed by atoms with Crippen LogP contribution in [0.1, 0.15) is 5.56 Å². The number of carbonyl (C=O) groups excluding carboxylic acids is 1. The van der Waals surface area contributed by atoms with E-state index in [9.17, 15) is 10.1 Å². The SMILES string of the molecule is COc1cccc(NC(=O)/C(C#N)=C/C2=Cc3ccc(OC)cc3OC2)c1. The average molecular weight is 362 g/mol. The first-order chi connectivity index (χ1) is 13.1. The first kappa shape index (κ1) is 18.1. The minimum atomic E-state index is -0.493. The number of nitrogens with one attached hydrogen (secondary N) is 1. The number of ether oxygens (including phenoxy) is 3. The minimum Gasteiger partial charge on any atom is -0.497 e. The number of anilines is 1. The normalized spacial score (nSPS) is 12.8. The van der Waals surface area contributed by atoms with Crippen molar-refractivity contribution in [1.29, 1.82) is 5.26 Å². The van der Waals surface area contributed by atoms with Gasteiger partial charge in [0.1, 0.15) is 35.5 Å². The summed E-state index contributed by atoms with van der Waals surface area (Å²) in [5.41, 5.74) is 2.13. The molecule has 6 heteroatoms. The van der Waals surface area contributed by atoms with Gasteiger partial charge in [0.25, 0.3) is 5.91 Å². The second-order valence-electron chi connectivity index (χ2n) is 5.77. The maximum absolute atomic E-state index is 12.4. The van der Waals surface area contributed by atoms with Crippen molar-refractivity contribution >= 4 is 17.7 Å². The molecule has 1 heterocycles. The lowest BCUT2D eigenvalue weighted by Crippen LogP contribution is -2.15.